The van der Waals surface area contributed by atoms with Gasteiger partial charge in [-0.2, -0.15) is 0 Å². The normalized spacial score (nSPS) is 11.5. The highest BCUT2D eigenvalue weighted by atomic mass is 32.1. The average Bonchev–Trinajstić information content (AvgIpc) is 3.83. The standard InChI is InChI=1S/C46H28N4S2/c1-4-10-29(11-5-1)30-18-22-35(23-19-30)46-47-38-25-27-40-41(42(38)52-46)37-28-36(24-26-39(37)51-40)31-16-20-34(21-17-31)45-49-43(32-12-6-2-7-13-32)48-44(50-45)33-14-8-3-9-15-33/h1-28H. The number of hydrogen-bond donors (Lipinski definition) is 0. The summed E-state index contributed by atoms with van der Waals surface area (Å²) in [6.07, 6.45) is 0. The first-order valence-corrected chi connectivity index (χ1v) is 18.8. The van der Waals surface area contributed by atoms with Gasteiger partial charge in [0.25, 0.3) is 0 Å². The quantitative estimate of drug-likeness (QED) is 0.173. The maximum Gasteiger partial charge on any atom is 0.164 e. The molecule has 3 aromatic heterocycles. The van der Waals surface area contributed by atoms with E-state index in [2.05, 4.69) is 109 Å². The molecule has 3 heterocycles. The van der Waals surface area contributed by atoms with Crippen LogP contribution in [0.15, 0.2) is 170 Å². The zero-order valence-electron chi connectivity index (χ0n) is 27.8. The largest absolute Gasteiger partial charge is 0.236 e. The summed E-state index contributed by atoms with van der Waals surface area (Å²) in [6, 6.07) is 59.2. The fourth-order valence-electron chi connectivity index (χ4n) is 6.74. The first-order chi connectivity index (χ1) is 25.7. The van der Waals surface area contributed by atoms with Gasteiger partial charge in [0.15, 0.2) is 17.5 Å². The summed E-state index contributed by atoms with van der Waals surface area (Å²) in [4.78, 5) is 19.8. The van der Waals surface area contributed by atoms with Crippen molar-refractivity contribution in [2.45, 2.75) is 0 Å². The van der Waals surface area contributed by atoms with Crippen LogP contribution in [0.5, 0.6) is 0 Å². The number of benzene rings is 7. The van der Waals surface area contributed by atoms with Crippen molar-refractivity contribution in [2.24, 2.45) is 0 Å². The minimum absolute atomic E-state index is 0.650. The van der Waals surface area contributed by atoms with Crippen LogP contribution in [0.2, 0.25) is 0 Å². The van der Waals surface area contributed by atoms with E-state index >= 15 is 0 Å². The first-order valence-electron chi connectivity index (χ1n) is 17.1. The number of hydrogen-bond acceptors (Lipinski definition) is 6. The Kier molecular flexibility index (Phi) is 7.48. The van der Waals surface area contributed by atoms with Gasteiger partial charge in [0, 0.05) is 42.4 Å². The Balaban J connectivity index is 1.01. The van der Waals surface area contributed by atoms with Crippen LogP contribution < -0.4 is 0 Å². The van der Waals surface area contributed by atoms with Crippen molar-refractivity contribution in [1.29, 1.82) is 0 Å². The second kappa shape index (κ2) is 12.8. The second-order valence-corrected chi connectivity index (χ2v) is 14.8. The van der Waals surface area contributed by atoms with Gasteiger partial charge in [0.1, 0.15) is 5.01 Å². The van der Waals surface area contributed by atoms with Crippen LogP contribution in [-0.4, -0.2) is 19.9 Å². The highest BCUT2D eigenvalue weighted by Gasteiger charge is 2.16. The van der Waals surface area contributed by atoms with E-state index in [9.17, 15) is 0 Å². The number of fused-ring (bicyclic) bond motifs is 5. The molecule has 10 aromatic rings. The van der Waals surface area contributed by atoms with Crippen molar-refractivity contribution in [1.82, 2.24) is 19.9 Å². The van der Waals surface area contributed by atoms with Crippen LogP contribution in [0.25, 0.3) is 97.4 Å². The Bertz CT molecular complexity index is 2810. The maximum absolute atomic E-state index is 5.10. The minimum Gasteiger partial charge on any atom is -0.236 e. The van der Waals surface area contributed by atoms with Gasteiger partial charge in [-0.15, -0.1) is 22.7 Å². The summed E-state index contributed by atoms with van der Waals surface area (Å²) in [5.41, 5.74) is 9.77. The van der Waals surface area contributed by atoms with Gasteiger partial charge in [-0.1, -0.05) is 146 Å². The van der Waals surface area contributed by atoms with Crippen LogP contribution in [0.4, 0.5) is 0 Å². The molecule has 0 unspecified atom stereocenters. The van der Waals surface area contributed by atoms with Gasteiger partial charge in [-0.25, -0.2) is 19.9 Å². The van der Waals surface area contributed by atoms with Gasteiger partial charge < -0.3 is 0 Å². The summed E-state index contributed by atoms with van der Waals surface area (Å²) in [5, 5.41) is 3.59. The van der Waals surface area contributed by atoms with Gasteiger partial charge in [0.2, 0.25) is 0 Å². The Morgan fingerprint density at radius 3 is 1.37 bits per heavy atom. The SMILES string of the molecule is c1ccc(-c2ccc(-c3nc4ccc5sc6ccc(-c7ccc(-c8nc(-c9ccccc9)nc(-c9ccccc9)n8)cc7)cc6c5c4s3)cc2)cc1. The molecule has 10 rings (SSSR count). The monoisotopic (exact) mass is 700 g/mol. The fraction of sp³-hybridized carbons (Fsp3) is 0. The van der Waals surface area contributed by atoms with Crippen molar-refractivity contribution in [3.05, 3.63) is 170 Å². The van der Waals surface area contributed by atoms with E-state index in [-0.39, 0.29) is 0 Å². The van der Waals surface area contributed by atoms with Crippen molar-refractivity contribution >= 4 is 53.1 Å². The summed E-state index contributed by atoms with van der Waals surface area (Å²) in [7, 11) is 0. The van der Waals surface area contributed by atoms with Gasteiger partial charge in [0.05, 0.1) is 10.2 Å². The van der Waals surface area contributed by atoms with Crippen LogP contribution in [0, 0.1) is 0 Å². The zero-order chi connectivity index (χ0) is 34.4. The van der Waals surface area contributed by atoms with E-state index in [1.807, 2.05) is 72.0 Å². The lowest BCUT2D eigenvalue weighted by Gasteiger charge is -2.09. The zero-order valence-corrected chi connectivity index (χ0v) is 29.4. The molecule has 0 fully saturated rings. The van der Waals surface area contributed by atoms with E-state index in [4.69, 9.17) is 19.9 Å². The Morgan fingerprint density at radius 2 is 0.769 bits per heavy atom. The van der Waals surface area contributed by atoms with E-state index in [0.29, 0.717) is 17.5 Å². The highest BCUT2D eigenvalue weighted by Crippen LogP contribution is 2.43. The fourth-order valence-corrected chi connectivity index (χ4v) is 9.03. The van der Waals surface area contributed by atoms with E-state index in [0.717, 1.165) is 38.3 Å². The molecular weight excluding hydrogens is 673 g/mol. The lowest BCUT2D eigenvalue weighted by Crippen LogP contribution is -2.00. The number of thiophene rings is 1. The minimum atomic E-state index is 0.650. The number of nitrogens with zero attached hydrogens (tertiary/aromatic N) is 4. The molecule has 7 aromatic carbocycles. The third kappa shape index (κ3) is 5.55. The second-order valence-electron chi connectivity index (χ2n) is 12.7. The average molecular weight is 701 g/mol. The molecule has 0 aliphatic carbocycles. The Labute approximate surface area is 308 Å². The molecule has 0 amide bonds. The smallest absolute Gasteiger partial charge is 0.164 e. The van der Waals surface area contributed by atoms with Gasteiger partial charge in [-0.3, -0.25) is 0 Å². The summed E-state index contributed by atoms with van der Waals surface area (Å²) in [6.45, 7) is 0. The number of aromatic nitrogens is 4. The predicted octanol–water partition coefficient (Wildman–Crippen LogP) is 12.9. The Hall–Kier alpha value is -6.34. The van der Waals surface area contributed by atoms with Crippen molar-refractivity contribution in [2.75, 3.05) is 0 Å². The van der Waals surface area contributed by atoms with Crippen molar-refractivity contribution in [3.63, 3.8) is 0 Å². The van der Waals surface area contributed by atoms with Gasteiger partial charge >= 0.3 is 0 Å². The lowest BCUT2D eigenvalue weighted by atomic mass is 10.0. The van der Waals surface area contributed by atoms with E-state index < -0.39 is 0 Å². The Morgan fingerprint density at radius 1 is 0.327 bits per heavy atom. The van der Waals surface area contributed by atoms with Crippen LogP contribution in [0.1, 0.15) is 0 Å². The van der Waals surface area contributed by atoms with Crippen LogP contribution in [0.3, 0.4) is 0 Å². The molecule has 0 N–H and O–H groups in total. The number of thiazole rings is 1. The molecule has 0 aliphatic rings. The van der Waals surface area contributed by atoms with Crippen LogP contribution in [-0.2, 0) is 0 Å². The number of rotatable bonds is 6. The third-order valence-electron chi connectivity index (χ3n) is 9.40. The molecule has 0 radical (unpaired) electrons. The third-order valence-corrected chi connectivity index (χ3v) is 11.7. The molecule has 244 valence electrons. The van der Waals surface area contributed by atoms with Crippen LogP contribution >= 0.6 is 22.7 Å². The van der Waals surface area contributed by atoms with Gasteiger partial charge in [-0.05, 0) is 46.5 Å². The first kappa shape index (κ1) is 30.5. The van der Waals surface area contributed by atoms with E-state index in [1.165, 1.54) is 41.6 Å². The summed E-state index contributed by atoms with van der Waals surface area (Å²) < 4.78 is 3.79. The summed E-state index contributed by atoms with van der Waals surface area (Å²) in [5.74, 6) is 1.96. The molecule has 6 heteroatoms. The molecular formula is C46H28N4S2. The molecule has 0 atom stereocenters. The molecule has 52 heavy (non-hydrogen) atoms. The van der Waals surface area contributed by atoms with Crippen molar-refractivity contribution < 1.29 is 0 Å². The molecule has 0 saturated carbocycles. The molecule has 0 bridgehead atoms. The molecule has 0 saturated heterocycles. The topological polar surface area (TPSA) is 51.6 Å². The van der Waals surface area contributed by atoms with Crippen molar-refractivity contribution in [3.8, 4) is 67.0 Å². The highest BCUT2D eigenvalue weighted by molar-refractivity contribution is 7.28. The lowest BCUT2D eigenvalue weighted by molar-refractivity contribution is 1.07. The van der Waals surface area contributed by atoms with E-state index in [1.54, 1.807) is 11.3 Å². The summed E-state index contributed by atoms with van der Waals surface area (Å²) >= 11 is 3.62. The maximum atomic E-state index is 5.10. The molecule has 0 aliphatic heterocycles. The molecule has 0 spiro atoms. The molecule has 4 nitrogen and oxygen atoms in total. The predicted molar refractivity (Wildman–Crippen MR) is 219 cm³/mol.